The van der Waals surface area contributed by atoms with Crippen LogP contribution in [-0.4, -0.2) is 36.0 Å². The molecule has 0 unspecified atom stereocenters. The maximum atomic E-state index is 5.26. The summed E-state index contributed by atoms with van der Waals surface area (Å²) in [6.45, 7) is 0. The monoisotopic (exact) mass is 184 g/mol. The van der Waals surface area contributed by atoms with Crippen LogP contribution in [0.3, 0.4) is 0 Å². The lowest BCUT2D eigenvalue weighted by Gasteiger charge is -1.97. The Labute approximate surface area is 63.3 Å². The molecule has 0 aliphatic rings. The average molecular weight is 184 g/mol. The molecule has 0 saturated heterocycles. The fourth-order valence-corrected chi connectivity index (χ4v) is 4.28. The summed E-state index contributed by atoms with van der Waals surface area (Å²) in [5.74, 6) is 0.974. The lowest BCUT2D eigenvalue weighted by Crippen LogP contribution is -2.06. The van der Waals surface area contributed by atoms with Gasteiger partial charge in [-0.25, -0.2) is 0 Å². The van der Waals surface area contributed by atoms with Crippen LogP contribution in [0.1, 0.15) is 0 Å². The van der Waals surface area contributed by atoms with Gasteiger partial charge in [0.15, 0.2) is 0 Å². The highest BCUT2D eigenvalue weighted by Crippen LogP contribution is 1.82. The average Bonchev–Trinajstić information content (AvgIpc) is 1.81. The zero-order valence-electron chi connectivity index (χ0n) is 5.09. The van der Waals surface area contributed by atoms with Crippen molar-refractivity contribution < 1.29 is 8.23 Å². The molecule has 0 aromatic carbocycles. The molecule has 0 rings (SSSR count). The van der Waals surface area contributed by atoms with Crippen LogP contribution in [0, 0.1) is 0 Å². The van der Waals surface area contributed by atoms with Gasteiger partial charge >= 0.3 is 0 Å². The molecule has 0 atom stereocenters. The van der Waals surface area contributed by atoms with E-state index in [2.05, 4.69) is 12.6 Å². The highest BCUT2D eigenvalue weighted by molar-refractivity contribution is 7.80. The maximum Gasteiger partial charge on any atom is 0.282 e. The summed E-state index contributed by atoms with van der Waals surface area (Å²) in [5, 5.41) is 0. The quantitative estimate of drug-likeness (QED) is 0.295. The summed E-state index contributed by atoms with van der Waals surface area (Å²) in [6, 6.07) is 1.18. The number of rotatable bonds is 5. The van der Waals surface area contributed by atoms with Crippen LogP contribution in [-0.2, 0) is 8.23 Å². The van der Waals surface area contributed by atoms with Crippen molar-refractivity contribution in [2.24, 2.45) is 0 Å². The molecule has 0 aliphatic heterocycles. The Hall–Kier alpha value is 0.921. The lowest BCUT2D eigenvalue weighted by molar-refractivity contribution is 0.502. The van der Waals surface area contributed by atoms with E-state index in [4.69, 9.17) is 8.23 Å². The van der Waals surface area contributed by atoms with Crippen molar-refractivity contribution in [1.82, 2.24) is 0 Å². The Morgan fingerprint density at radius 2 is 2.38 bits per heavy atom. The van der Waals surface area contributed by atoms with Gasteiger partial charge in [-0.1, -0.05) is 0 Å². The molecule has 8 heavy (non-hydrogen) atoms. The van der Waals surface area contributed by atoms with E-state index in [-0.39, 0.29) is 9.76 Å². The molecule has 0 spiro atoms. The zero-order valence-corrected chi connectivity index (χ0v) is 10.8. The van der Waals surface area contributed by atoms with Gasteiger partial charge in [0.1, 0.15) is 20.2 Å². The third kappa shape index (κ3) is 6.92. The third-order valence-corrected chi connectivity index (χ3v) is 4.97. The summed E-state index contributed by atoms with van der Waals surface area (Å²) >= 11 is 4.06. The van der Waals surface area contributed by atoms with Gasteiger partial charge in [-0.2, -0.15) is 12.6 Å². The molecule has 0 saturated carbocycles. The molecule has 0 aromatic rings. The van der Waals surface area contributed by atoms with Gasteiger partial charge in [-0.05, 0) is 11.8 Å². The molecular weight excluding hydrogens is 172 g/mol. The second-order valence-electron chi connectivity index (χ2n) is 1.39. The van der Waals surface area contributed by atoms with Crippen LogP contribution in [0.15, 0.2) is 0 Å². The van der Waals surface area contributed by atoms with Gasteiger partial charge in [-0.3, -0.25) is 0 Å². The van der Waals surface area contributed by atoms with Gasteiger partial charge in [0.2, 0.25) is 0 Å². The highest BCUT2D eigenvalue weighted by Gasteiger charge is 1.84. The van der Waals surface area contributed by atoms with E-state index in [1.54, 1.807) is 0 Å². The van der Waals surface area contributed by atoms with Crippen molar-refractivity contribution in [2.45, 2.75) is 6.04 Å². The molecule has 0 amide bonds. The van der Waals surface area contributed by atoms with E-state index >= 15 is 0 Å². The molecule has 0 heterocycles. The Morgan fingerprint density at radius 1 is 1.62 bits per heavy atom. The second kappa shape index (κ2) is 7.92. The minimum absolute atomic E-state index is 0.217. The molecule has 2 nitrogen and oxygen atoms in total. The first-order valence-corrected chi connectivity index (χ1v) is 6.77. The molecule has 0 aromatic heterocycles. The van der Waals surface area contributed by atoms with Crippen LogP contribution in [0.5, 0.6) is 0 Å². The van der Waals surface area contributed by atoms with Crippen LogP contribution < -0.4 is 0 Å². The van der Waals surface area contributed by atoms with Crippen LogP contribution >= 0.6 is 12.6 Å². The predicted molar refractivity (Wildman–Crippen MR) is 47.9 cm³/mol. The molecule has 0 radical (unpaired) electrons. The molecular formula is C2H12O2SSi3. The zero-order chi connectivity index (χ0) is 6.24. The molecule has 0 aliphatic carbocycles. The van der Waals surface area contributed by atoms with Crippen molar-refractivity contribution in [2.75, 3.05) is 5.75 Å². The van der Waals surface area contributed by atoms with Gasteiger partial charge in [0, 0.05) is 0 Å². The molecule has 0 fully saturated rings. The minimum atomic E-state index is -0.509. The summed E-state index contributed by atoms with van der Waals surface area (Å²) in [5.41, 5.74) is 0. The number of thiol groups is 1. The first-order valence-electron chi connectivity index (χ1n) is 2.59. The number of hydrogen-bond donors (Lipinski definition) is 1. The van der Waals surface area contributed by atoms with E-state index in [1.165, 1.54) is 6.04 Å². The van der Waals surface area contributed by atoms with Gasteiger partial charge in [0.05, 0.1) is 0 Å². The van der Waals surface area contributed by atoms with Crippen molar-refractivity contribution >= 4 is 42.9 Å². The first kappa shape index (κ1) is 8.92. The lowest BCUT2D eigenvalue weighted by atomic mass is 11.0. The van der Waals surface area contributed by atoms with Gasteiger partial charge < -0.3 is 8.23 Å². The van der Waals surface area contributed by atoms with E-state index in [9.17, 15) is 0 Å². The summed E-state index contributed by atoms with van der Waals surface area (Å²) in [4.78, 5) is 0. The van der Waals surface area contributed by atoms with Crippen LogP contribution in [0.4, 0.5) is 0 Å². The highest BCUT2D eigenvalue weighted by atomic mass is 32.1. The topological polar surface area (TPSA) is 18.5 Å². The molecule has 0 N–H and O–H groups in total. The van der Waals surface area contributed by atoms with Crippen LogP contribution in [0.2, 0.25) is 6.04 Å². The SMILES string of the molecule is [SiH3]O[SiH2]O[SiH2]CCS. The number of hydrogen-bond acceptors (Lipinski definition) is 3. The van der Waals surface area contributed by atoms with Crippen molar-refractivity contribution in [3.8, 4) is 0 Å². The third-order valence-electron chi connectivity index (χ3n) is 0.648. The minimum Gasteiger partial charge on any atom is -0.449 e. The summed E-state index contributed by atoms with van der Waals surface area (Å²) < 4.78 is 10.2. The fraction of sp³-hybridized carbons (Fsp3) is 1.00. The Morgan fingerprint density at radius 3 is 2.88 bits per heavy atom. The van der Waals surface area contributed by atoms with Crippen molar-refractivity contribution in [3.63, 3.8) is 0 Å². The molecule has 0 bridgehead atoms. The van der Waals surface area contributed by atoms with Crippen molar-refractivity contribution in [1.29, 1.82) is 0 Å². The largest absolute Gasteiger partial charge is 0.449 e. The van der Waals surface area contributed by atoms with E-state index in [0.717, 1.165) is 16.2 Å². The second-order valence-corrected chi connectivity index (χ2v) is 7.13. The predicted octanol–water partition coefficient (Wildman–Crippen LogP) is -2.27. The normalized spacial score (nSPS) is 13.1. The molecule has 50 valence electrons. The maximum absolute atomic E-state index is 5.26. The Bertz CT molecular complexity index is 40.3. The summed E-state index contributed by atoms with van der Waals surface area (Å²) in [6.07, 6.45) is 0. The standard InChI is InChI=1S/C2H12O2SSi3/c5-1-2-7-4-8-3-6/h5H,1-2,7-8H2,6H3. The smallest absolute Gasteiger partial charge is 0.282 e. The fourth-order valence-electron chi connectivity index (χ4n) is 0.309. The van der Waals surface area contributed by atoms with Gasteiger partial charge in [0.25, 0.3) is 10.0 Å². The summed E-state index contributed by atoms with van der Waals surface area (Å²) in [7, 11) is 0.121. The van der Waals surface area contributed by atoms with E-state index in [1.807, 2.05) is 0 Å². The van der Waals surface area contributed by atoms with Gasteiger partial charge in [-0.15, -0.1) is 0 Å². The molecule has 6 heteroatoms. The van der Waals surface area contributed by atoms with Crippen LogP contribution in [0.25, 0.3) is 0 Å². The van der Waals surface area contributed by atoms with Crippen molar-refractivity contribution in [3.05, 3.63) is 0 Å². The Kier molecular flexibility index (Phi) is 8.83. The van der Waals surface area contributed by atoms with E-state index in [0.29, 0.717) is 0 Å². The van der Waals surface area contributed by atoms with E-state index < -0.39 is 10.0 Å². The Balaban J connectivity index is 2.53. The first-order chi connectivity index (χ1) is 3.91.